The minimum atomic E-state index is 0.197. The monoisotopic (exact) mass is 441 g/mol. The smallest absolute Gasteiger partial charge is 0.224 e. The van der Waals surface area contributed by atoms with Gasteiger partial charge in [-0.1, -0.05) is 12.1 Å². The Balaban J connectivity index is 1.22. The maximum absolute atomic E-state index is 12.6. The molecule has 0 radical (unpaired) electrons. The lowest BCUT2D eigenvalue weighted by atomic mass is 10.1. The molecule has 8 heteroatoms. The lowest BCUT2D eigenvalue weighted by Gasteiger charge is -2.27. The second-order valence-electron chi connectivity index (χ2n) is 7.93. The first kappa shape index (κ1) is 21.5. The van der Waals surface area contributed by atoms with E-state index in [2.05, 4.69) is 38.0 Å². The molecule has 4 rings (SSSR count). The van der Waals surface area contributed by atoms with E-state index in [1.54, 1.807) is 25.5 Å². The van der Waals surface area contributed by atoms with Gasteiger partial charge in [-0.2, -0.15) is 0 Å². The largest absolute Gasteiger partial charge is 0.495 e. The van der Waals surface area contributed by atoms with Crippen LogP contribution in [0.15, 0.2) is 40.7 Å². The van der Waals surface area contributed by atoms with Crippen LogP contribution in [-0.4, -0.2) is 63.1 Å². The molecule has 1 aromatic carbocycles. The highest BCUT2D eigenvalue weighted by atomic mass is 32.1. The Morgan fingerprint density at radius 3 is 3.00 bits per heavy atom. The van der Waals surface area contributed by atoms with Gasteiger partial charge < -0.3 is 25.2 Å². The van der Waals surface area contributed by atoms with Crippen molar-refractivity contribution >= 4 is 28.9 Å². The number of carbonyl (C=O) groups excluding carboxylic acids is 1. The summed E-state index contributed by atoms with van der Waals surface area (Å²) in [5, 5.41) is 8.93. The van der Waals surface area contributed by atoms with Crippen LogP contribution in [0, 0.1) is 0 Å². The highest BCUT2D eigenvalue weighted by molar-refractivity contribution is 7.10. The molecule has 0 saturated carbocycles. The van der Waals surface area contributed by atoms with Gasteiger partial charge in [0.15, 0.2) is 5.96 Å². The second kappa shape index (κ2) is 10.0. The van der Waals surface area contributed by atoms with E-state index in [1.807, 2.05) is 23.1 Å². The van der Waals surface area contributed by atoms with Gasteiger partial charge in [0.2, 0.25) is 5.91 Å². The van der Waals surface area contributed by atoms with Gasteiger partial charge in [-0.15, -0.1) is 11.3 Å². The fourth-order valence-corrected chi connectivity index (χ4v) is 5.17. The maximum atomic E-state index is 12.6. The van der Waals surface area contributed by atoms with Gasteiger partial charge in [0.1, 0.15) is 5.75 Å². The molecule has 166 valence electrons. The van der Waals surface area contributed by atoms with E-state index >= 15 is 0 Å². The van der Waals surface area contributed by atoms with E-state index in [4.69, 9.17) is 4.74 Å². The Labute approximate surface area is 188 Å². The molecular weight excluding hydrogens is 410 g/mol. The molecular formula is C23H31N5O2S. The minimum absolute atomic E-state index is 0.197. The van der Waals surface area contributed by atoms with Gasteiger partial charge in [-0.3, -0.25) is 9.79 Å². The van der Waals surface area contributed by atoms with Gasteiger partial charge in [-0.25, -0.2) is 0 Å². The predicted octanol–water partition coefficient (Wildman–Crippen LogP) is 2.48. The number of thiophene rings is 1. The van der Waals surface area contributed by atoms with Crippen LogP contribution in [0.25, 0.3) is 0 Å². The zero-order valence-electron chi connectivity index (χ0n) is 18.3. The number of amides is 1. The van der Waals surface area contributed by atoms with Crippen LogP contribution in [0.2, 0.25) is 0 Å². The number of guanidine groups is 1. The van der Waals surface area contributed by atoms with Gasteiger partial charge in [0.25, 0.3) is 0 Å². The number of carbonyl (C=O) groups is 1. The second-order valence-corrected chi connectivity index (χ2v) is 8.93. The average molecular weight is 442 g/mol. The van der Waals surface area contributed by atoms with E-state index in [9.17, 15) is 4.79 Å². The number of benzene rings is 1. The summed E-state index contributed by atoms with van der Waals surface area (Å²) in [6.45, 7) is 3.99. The van der Waals surface area contributed by atoms with Crippen molar-refractivity contribution in [2.24, 2.45) is 4.99 Å². The van der Waals surface area contributed by atoms with Crippen molar-refractivity contribution in [1.29, 1.82) is 0 Å². The average Bonchev–Trinajstić information content (AvgIpc) is 3.47. The summed E-state index contributed by atoms with van der Waals surface area (Å²) in [5.74, 6) is 1.85. The summed E-state index contributed by atoms with van der Waals surface area (Å²) in [4.78, 5) is 22.7. The molecule has 0 spiro atoms. The number of rotatable bonds is 6. The van der Waals surface area contributed by atoms with Crippen LogP contribution in [0.3, 0.4) is 0 Å². The lowest BCUT2D eigenvalue weighted by Crippen LogP contribution is -2.45. The molecule has 2 aliphatic rings. The van der Waals surface area contributed by atoms with Gasteiger partial charge in [0.05, 0.1) is 12.8 Å². The fraction of sp³-hybridized carbons (Fsp3) is 0.478. The van der Waals surface area contributed by atoms with E-state index in [0.29, 0.717) is 19.0 Å². The molecule has 2 aromatic rings. The molecule has 1 aromatic heterocycles. The van der Waals surface area contributed by atoms with Crippen molar-refractivity contribution in [1.82, 2.24) is 15.5 Å². The summed E-state index contributed by atoms with van der Waals surface area (Å²) >= 11 is 1.79. The first-order valence-electron chi connectivity index (χ1n) is 10.9. The van der Waals surface area contributed by atoms with Crippen molar-refractivity contribution in [3.8, 4) is 5.75 Å². The molecule has 7 nitrogen and oxygen atoms in total. The highest BCUT2D eigenvalue weighted by Gasteiger charge is 2.25. The topological polar surface area (TPSA) is 69.2 Å². The standard InChI is InChI=1S/C23H31N5O2S/c1-24-23(25-11-7-22(29)28-13-9-21-17(15-28)10-14-31-21)26-18-8-12-27(16-18)19-5-3-4-6-20(19)30-2/h3-6,10,14,18H,7-9,11-13,15-16H2,1-2H3,(H2,24,25,26). The van der Waals surface area contributed by atoms with E-state index < -0.39 is 0 Å². The van der Waals surface area contributed by atoms with E-state index in [0.717, 1.165) is 56.4 Å². The van der Waals surface area contributed by atoms with Crippen molar-refractivity contribution in [3.05, 3.63) is 46.2 Å². The number of hydrogen-bond acceptors (Lipinski definition) is 5. The van der Waals surface area contributed by atoms with Crippen LogP contribution < -0.4 is 20.3 Å². The molecule has 1 amide bonds. The molecule has 1 saturated heterocycles. The Kier molecular flexibility index (Phi) is 6.96. The highest BCUT2D eigenvalue weighted by Crippen LogP contribution is 2.30. The zero-order valence-corrected chi connectivity index (χ0v) is 19.1. The molecule has 1 atom stereocenters. The summed E-state index contributed by atoms with van der Waals surface area (Å²) in [6.07, 6.45) is 2.46. The van der Waals surface area contributed by atoms with Gasteiger partial charge >= 0.3 is 0 Å². The first-order chi connectivity index (χ1) is 15.2. The van der Waals surface area contributed by atoms with Crippen molar-refractivity contribution < 1.29 is 9.53 Å². The maximum Gasteiger partial charge on any atom is 0.224 e. The molecule has 31 heavy (non-hydrogen) atoms. The summed E-state index contributed by atoms with van der Waals surface area (Å²) in [5.41, 5.74) is 2.43. The SMILES string of the molecule is CN=C(NCCC(=O)N1CCc2sccc2C1)NC1CCN(c2ccccc2OC)C1. The van der Waals surface area contributed by atoms with E-state index in [1.165, 1.54) is 10.4 Å². The number of nitrogens with one attached hydrogen (secondary N) is 2. The minimum Gasteiger partial charge on any atom is -0.495 e. The number of nitrogens with zero attached hydrogens (tertiary/aromatic N) is 3. The van der Waals surface area contributed by atoms with Gasteiger partial charge in [0, 0.05) is 57.1 Å². The van der Waals surface area contributed by atoms with Crippen LogP contribution in [-0.2, 0) is 17.8 Å². The van der Waals surface area contributed by atoms with Crippen LogP contribution in [0.1, 0.15) is 23.3 Å². The Morgan fingerprint density at radius 2 is 2.16 bits per heavy atom. The molecule has 1 fully saturated rings. The predicted molar refractivity (Wildman–Crippen MR) is 126 cm³/mol. The molecule has 1 unspecified atom stereocenters. The normalized spacial score (nSPS) is 18.6. The Hall–Kier alpha value is -2.74. The molecule has 2 aliphatic heterocycles. The van der Waals surface area contributed by atoms with Crippen molar-refractivity contribution in [3.63, 3.8) is 0 Å². The number of aliphatic imine (C=N–C) groups is 1. The van der Waals surface area contributed by atoms with Crippen molar-refractivity contribution in [2.45, 2.75) is 31.8 Å². The van der Waals surface area contributed by atoms with E-state index in [-0.39, 0.29) is 5.91 Å². The summed E-state index contributed by atoms with van der Waals surface area (Å²) < 4.78 is 5.50. The molecule has 3 heterocycles. The third kappa shape index (κ3) is 5.12. The Bertz CT molecular complexity index is 928. The third-order valence-electron chi connectivity index (χ3n) is 5.97. The number of methoxy groups -OCH3 is 1. The third-order valence-corrected chi connectivity index (χ3v) is 6.99. The van der Waals surface area contributed by atoms with Crippen LogP contribution in [0.4, 0.5) is 5.69 Å². The first-order valence-corrected chi connectivity index (χ1v) is 11.7. The van der Waals surface area contributed by atoms with Crippen LogP contribution in [0.5, 0.6) is 5.75 Å². The quantitative estimate of drug-likeness (QED) is 0.533. The molecule has 0 aliphatic carbocycles. The Morgan fingerprint density at radius 1 is 1.29 bits per heavy atom. The summed E-state index contributed by atoms with van der Waals surface area (Å²) in [6, 6.07) is 10.6. The number of ether oxygens (including phenoxy) is 1. The number of anilines is 1. The lowest BCUT2D eigenvalue weighted by molar-refractivity contribution is -0.131. The molecule has 2 N–H and O–H groups in total. The summed E-state index contributed by atoms with van der Waals surface area (Å²) in [7, 11) is 3.48. The van der Waals surface area contributed by atoms with Crippen LogP contribution >= 0.6 is 11.3 Å². The van der Waals surface area contributed by atoms with Crippen molar-refractivity contribution in [2.75, 3.05) is 45.2 Å². The number of fused-ring (bicyclic) bond motifs is 1. The zero-order chi connectivity index (χ0) is 21.6. The number of para-hydroxylation sites is 2. The molecule has 0 bridgehead atoms. The number of hydrogen-bond donors (Lipinski definition) is 2. The van der Waals surface area contributed by atoms with Gasteiger partial charge in [-0.05, 0) is 42.0 Å². The fourth-order valence-electron chi connectivity index (χ4n) is 4.28.